The van der Waals surface area contributed by atoms with Crippen molar-refractivity contribution in [2.75, 3.05) is 13.1 Å². The molecule has 0 bridgehead atoms. The van der Waals surface area contributed by atoms with Crippen LogP contribution in [-0.4, -0.2) is 34.9 Å². The summed E-state index contributed by atoms with van der Waals surface area (Å²) in [6, 6.07) is 8.06. The van der Waals surface area contributed by atoms with Gasteiger partial charge in [0.25, 0.3) is 5.91 Å². The van der Waals surface area contributed by atoms with E-state index in [0.29, 0.717) is 6.54 Å². The van der Waals surface area contributed by atoms with E-state index in [1.165, 1.54) is 11.3 Å². The van der Waals surface area contributed by atoms with Gasteiger partial charge in [-0.15, -0.1) is 23.7 Å². The van der Waals surface area contributed by atoms with Crippen molar-refractivity contribution in [3.8, 4) is 0 Å². The van der Waals surface area contributed by atoms with Crippen molar-refractivity contribution in [2.24, 2.45) is 0 Å². The monoisotopic (exact) mass is 429 g/mol. The summed E-state index contributed by atoms with van der Waals surface area (Å²) >= 11 is 4.99. The number of carbonyl (C=O) groups is 1. The molecule has 130 valence electrons. The Morgan fingerprint density at radius 1 is 1.33 bits per heavy atom. The molecule has 0 spiro atoms. The van der Waals surface area contributed by atoms with Crippen LogP contribution in [0.2, 0.25) is 0 Å². The van der Waals surface area contributed by atoms with Gasteiger partial charge in [0.05, 0.1) is 12.2 Å². The molecule has 4 nitrogen and oxygen atoms in total. The Morgan fingerprint density at radius 3 is 2.92 bits per heavy atom. The summed E-state index contributed by atoms with van der Waals surface area (Å²) in [4.78, 5) is 20.3. The second-order valence-corrected chi connectivity index (χ2v) is 7.46. The van der Waals surface area contributed by atoms with Gasteiger partial charge in [0.1, 0.15) is 4.88 Å². The van der Waals surface area contributed by atoms with E-state index in [2.05, 4.69) is 26.2 Å². The molecule has 1 saturated heterocycles. The van der Waals surface area contributed by atoms with Gasteiger partial charge in [0, 0.05) is 16.7 Å². The van der Waals surface area contributed by atoms with Gasteiger partial charge in [-0.05, 0) is 71.9 Å². The number of nitrogens with one attached hydrogen (secondary N) is 1. The van der Waals surface area contributed by atoms with Crippen molar-refractivity contribution in [3.63, 3.8) is 0 Å². The molecule has 24 heavy (non-hydrogen) atoms. The van der Waals surface area contributed by atoms with E-state index in [9.17, 15) is 4.79 Å². The second kappa shape index (κ2) is 9.51. The van der Waals surface area contributed by atoms with E-state index >= 15 is 0 Å². The van der Waals surface area contributed by atoms with Crippen molar-refractivity contribution in [1.82, 2.24) is 15.2 Å². The maximum absolute atomic E-state index is 13.1. The van der Waals surface area contributed by atoms with E-state index in [0.717, 1.165) is 47.4 Å². The van der Waals surface area contributed by atoms with Crippen LogP contribution in [-0.2, 0) is 6.54 Å². The Labute approximate surface area is 161 Å². The van der Waals surface area contributed by atoms with Gasteiger partial charge >= 0.3 is 0 Å². The summed E-state index contributed by atoms with van der Waals surface area (Å²) in [5, 5.41) is 5.37. The second-order valence-electron chi connectivity index (χ2n) is 5.69. The predicted molar refractivity (Wildman–Crippen MR) is 104 cm³/mol. The van der Waals surface area contributed by atoms with Crippen LogP contribution in [0.4, 0.5) is 0 Å². The number of hydrogen-bond acceptors (Lipinski definition) is 4. The lowest BCUT2D eigenvalue weighted by Crippen LogP contribution is -2.40. The van der Waals surface area contributed by atoms with Crippen LogP contribution >= 0.6 is 39.7 Å². The molecule has 3 heterocycles. The molecule has 0 aromatic carbocycles. The van der Waals surface area contributed by atoms with Crippen LogP contribution in [0.15, 0.2) is 40.3 Å². The van der Waals surface area contributed by atoms with Crippen LogP contribution in [0.25, 0.3) is 0 Å². The molecule has 1 aliphatic rings. The normalized spacial score (nSPS) is 17.6. The summed E-state index contributed by atoms with van der Waals surface area (Å²) in [5.74, 6) is 0.101. The summed E-state index contributed by atoms with van der Waals surface area (Å²) in [6.07, 6.45) is 4.91. The predicted octanol–water partition coefficient (Wildman–Crippen LogP) is 4.11. The van der Waals surface area contributed by atoms with E-state index < -0.39 is 0 Å². The summed E-state index contributed by atoms with van der Waals surface area (Å²) in [7, 11) is 0. The molecule has 1 unspecified atom stereocenters. The highest BCUT2D eigenvalue weighted by atomic mass is 79.9. The average Bonchev–Trinajstić information content (AvgIpc) is 2.84. The van der Waals surface area contributed by atoms with E-state index in [-0.39, 0.29) is 24.4 Å². The highest BCUT2D eigenvalue weighted by molar-refractivity contribution is 9.10. The quantitative estimate of drug-likeness (QED) is 0.794. The van der Waals surface area contributed by atoms with E-state index in [1.807, 2.05) is 34.5 Å². The molecular formula is C17H21BrClN3OS. The summed E-state index contributed by atoms with van der Waals surface area (Å²) < 4.78 is 0.880. The third-order valence-electron chi connectivity index (χ3n) is 4.12. The topological polar surface area (TPSA) is 45.2 Å². The first-order chi connectivity index (χ1) is 11.3. The minimum absolute atomic E-state index is 0. The number of pyridine rings is 1. The summed E-state index contributed by atoms with van der Waals surface area (Å²) in [5.41, 5.74) is 0.936. The molecule has 0 saturated carbocycles. The number of thiophene rings is 1. The number of carbonyl (C=O) groups excluding carboxylic acids is 1. The smallest absolute Gasteiger partial charge is 0.265 e. The third-order valence-corrected chi connectivity index (χ3v) is 5.94. The highest BCUT2D eigenvalue weighted by Gasteiger charge is 2.27. The van der Waals surface area contributed by atoms with Crippen LogP contribution in [0.1, 0.15) is 34.6 Å². The van der Waals surface area contributed by atoms with Gasteiger partial charge in [0.15, 0.2) is 0 Å². The standard InChI is InChI=1S/C17H20BrN3OS.ClH/c18-15-7-11-23-16(15)17(22)21(12-13-4-1-2-9-20-13)14-5-3-8-19-10-6-14;/h1-2,4,7,9,11,14,19H,3,5-6,8,10,12H2;1H. The minimum Gasteiger partial charge on any atom is -0.329 e. The number of amides is 1. The van der Waals surface area contributed by atoms with Crippen LogP contribution in [0.5, 0.6) is 0 Å². The molecule has 3 rings (SSSR count). The van der Waals surface area contributed by atoms with Crippen molar-refractivity contribution in [3.05, 3.63) is 50.9 Å². The molecule has 1 aliphatic heterocycles. The average molecular weight is 431 g/mol. The molecule has 2 aromatic rings. The molecule has 1 N–H and O–H groups in total. The fourth-order valence-electron chi connectivity index (χ4n) is 2.92. The van der Waals surface area contributed by atoms with Gasteiger partial charge in [-0.3, -0.25) is 9.78 Å². The van der Waals surface area contributed by atoms with Gasteiger partial charge in [-0.25, -0.2) is 0 Å². The molecule has 0 radical (unpaired) electrons. The fraction of sp³-hybridized carbons (Fsp3) is 0.412. The highest BCUT2D eigenvalue weighted by Crippen LogP contribution is 2.27. The third kappa shape index (κ3) is 4.79. The lowest BCUT2D eigenvalue weighted by Gasteiger charge is -2.30. The molecular weight excluding hydrogens is 410 g/mol. The van der Waals surface area contributed by atoms with Crippen LogP contribution in [0.3, 0.4) is 0 Å². The summed E-state index contributed by atoms with van der Waals surface area (Å²) in [6.45, 7) is 2.56. The largest absolute Gasteiger partial charge is 0.329 e. The van der Waals surface area contributed by atoms with E-state index in [1.54, 1.807) is 6.20 Å². The lowest BCUT2D eigenvalue weighted by molar-refractivity contribution is 0.0646. The number of halogens is 2. The van der Waals surface area contributed by atoms with Crippen molar-refractivity contribution in [2.45, 2.75) is 31.8 Å². The fourth-order valence-corrected chi connectivity index (χ4v) is 4.42. The Kier molecular flexibility index (Phi) is 7.68. The molecule has 0 aliphatic carbocycles. The first-order valence-electron chi connectivity index (χ1n) is 7.90. The molecule has 2 aromatic heterocycles. The molecule has 1 atom stereocenters. The van der Waals surface area contributed by atoms with Crippen molar-refractivity contribution >= 4 is 45.6 Å². The zero-order valence-corrected chi connectivity index (χ0v) is 16.5. The minimum atomic E-state index is 0. The van der Waals surface area contributed by atoms with Crippen molar-refractivity contribution < 1.29 is 4.79 Å². The van der Waals surface area contributed by atoms with Gasteiger partial charge in [0.2, 0.25) is 0 Å². The Bertz CT molecular complexity index is 644. The van der Waals surface area contributed by atoms with Gasteiger partial charge in [-0.1, -0.05) is 6.07 Å². The maximum atomic E-state index is 13.1. The maximum Gasteiger partial charge on any atom is 0.265 e. The zero-order valence-electron chi connectivity index (χ0n) is 13.3. The molecule has 1 fully saturated rings. The van der Waals surface area contributed by atoms with Crippen LogP contribution < -0.4 is 5.32 Å². The molecule has 7 heteroatoms. The van der Waals surface area contributed by atoms with Gasteiger partial charge < -0.3 is 10.2 Å². The van der Waals surface area contributed by atoms with Crippen LogP contribution in [0, 0.1) is 0 Å². The Balaban J connectivity index is 0.00000208. The number of hydrogen-bond donors (Lipinski definition) is 1. The van der Waals surface area contributed by atoms with Gasteiger partial charge in [-0.2, -0.15) is 0 Å². The molecule has 1 amide bonds. The van der Waals surface area contributed by atoms with Crippen molar-refractivity contribution in [1.29, 1.82) is 0 Å². The first kappa shape index (κ1) is 19.4. The Hall–Kier alpha value is -0.950. The van der Waals surface area contributed by atoms with E-state index in [4.69, 9.17) is 0 Å². The number of aromatic nitrogens is 1. The number of rotatable bonds is 4. The first-order valence-corrected chi connectivity index (χ1v) is 9.57. The zero-order chi connectivity index (χ0) is 16.1. The SMILES string of the molecule is Cl.O=C(c1sccc1Br)N(Cc1ccccn1)C1CCCNCC1. The Morgan fingerprint density at radius 2 is 2.21 bits per heavy atom. The lowest BCUT2D eigenvalue weighted by atomic mass is 10.1. The number of nitrogens with zero attached hydrogens (tertiary/aromatic N) is 2.